The lowest BCUT2D eigenvalue weighted by molar-refractivity contribution is 0.265. The molecule has 1 fully saturated rings. The molecule has 0 bridgehead atoms. The van der Waals surface area contributed by atoms with Crippen molar-refractivity contribution in [1.29, 1.82) is 0 Å². The van der Waals surface area contributed by atoms with Crippen LogP contribution >= 0.6 is 0 Å². The zero-order chi connectivity index (χ0) is 10.6. The van der Waals surface area contributed by atoms with E-state index in [0.717, 1.165) is 19.6 Å². The number of pyridine rings is 1. The van der Waals surface area contributed by atoms with Gasteiger partial charge in [-0.15, -0.1) is 0 Å². The van der Waals surface area contributed by atoms with Crippen molar-refractivity contribution in [3.63, 3.8) is 0 Å². The predicted octanol–water partition coefficient (Wildman–Crippen LogP) is 1.31. The lowest BCUT2D eigenvalue weighted by atomic mass is 9.90. The van der Waals surface area contributed by atoms with Crippen LogP contribution in [-0.2, 0) is 6.54 Å². The van der Waals surface area contributed by atoms with Crippen molar-refractivity contribution in [2.75, 3.05) is 13.1 Å². The minimum Gasteiger partial charge on any atom is -0.317 e. The maximum atomic E-state index is 4.12. The van der Waals surface area contributed by atoms with Crippen molar-refractivity contribution >= 4 is 0 Å². The quantitative estimate of drug-likeness (QED) is 0.781. The summed E-state index contributed by atoms with van der Waals surface area (Å²) in [6.07, 6.45) is 6.15. The molecule has 1 aliphatic rings. The van der Waals surface area contributed by atoms with Gasteiger partial charge >= 0.3 is 0 Å². The number of hydrogen-bond acceptors (Lipinski definition) is 3. The summed E-state index contributed by atoms with van der Waals surface area (Å²) in [6.45, 7) is 5.47. The summed E-state index contributed by atoms with van der Waals surface area (Å²) < 4.78 is 0. The second-order valence-corrected chi connectivity index (χ2v) is 4.53. The predicted molar refractivity (Wildman–Crippen MR) is 61.6 cm³/mol. The molecule has 0 aromatic carbocycles. The highest BCUT2D eigenvalue weighted by Crippen LogP contribution is 2.17. The molecule has 0 aliphatic carbocycles. The Kier molecular flexibility index (Phi) is 3.34. The van der Waals surface area contributed by atoms with Crippen LogP contribution in [0.5, 0.6) is 0 Å². The maximum absolute atomic E-state index is 4.12. The van der Waals surface area contributed by atoms with Crippen molar-refractivity contribution in [3.8, 4) is 0 Å². The lowest BCUT2D eigenvalue weighted by Gasteiger charge is -2.35. The van der Waals surface area contributed by atoms with Crippen LogP contribution in [0.4, 0.5) is 0 Å². The van der Waals surface area contributed by atoms with Gasteiger partial charge in [-0.05, 0) is 44.5 Å². The fourth-order valence-corrected chi connectivity index (χ4v) is 1.97. The summed E-state index contributed by atoms with van der Waals surface area (Å²) >= 11 is 0. The Bertz CT molecular complexity index is 291. The molecule has 1 aliphatic heterocycles. The van der Waals surface area contributed by atoms with E-state index < -0.39 is 0 Å². The molecular formula is C12H19N3. The second-order valence-electron chi connectivity index (χ2n) is 4.53. The first-order valence-electron chi connectivity index (χ1n) is 5.63. The molecule has 0 saturated carbocycles. The number of piperidine rings is 1. The van der Waals surface area contributed by atoms with E-state index in [0.29, 0.717) is 5.54 Å². The SMILES string of the molecule is CC1(NCc2cccnc2)CCNCC1. The first-order valence-corrected chi connectivity index (χ1v) is 5.63. The molecule has 3 nitrogen and oxygen atoms in total. The topological polar surface area (TPSA) is 37.0 Å². The van der Waals surface area contributed by atoms with E-state index in [-0.39, 0.29) is 0 Å². The van der Waals surface area contributed by atoms with Gasteiger partial charge in [0.25, 0.3) is 0 Å². The average Bonchev–Trinajstić information content (AvgIpc) is 2.29. The summed E-state index contributed by atoms with van der Waals surface area (Å²) in [7, 11) is 0. The Morgan fingerprint density at radius 2 is 2.27 bits per heavy atom. The Labute approximate surface area is 91.3 Å². The Morgan fingerprint density at radius 3 is 2.93 bits per heavy atom. The molecule has 3 heteroatoms. The van der Waals surface area contributed by atoms with Gasteiger partial charge in [-0.25, -0.2) is 0 Å². The highest BCUT2D eigenvalue weighted by molar-refractivity contribution is 5.08. The van der Waals surface area contributed by atoms with Crippen LogP contribution in [0.25, 0.3) is 0 Å². The molecule has 0 spiro atoms. The average molecular weight is 205 g/mol. The first-order chi connectivity index (χ1) is 7.29. The van der Waals surface area contributed by atoms with Gasteiger partial charge in [0.1, 0.15) is 0 Å². The van der Waals surface area contributed by atoms with Gasteiger partial charge in [0.2, 0.25) is 0 Å². The molecule has 82 valence electrons. The number of aromatic nitrogens is 1. The van der Waals surface area contributed by atoms with E-state index >= 15 is 0 Å². The smallest absolute Gasteiger partial charge is 0.0312 e. The molecule has 1 aromatic heterocycles. The highest BCUT2D eigenvalue weighted by Gasteiger charge is 2.25. The molecule has 1 aromatic rings. The molecule has 2 heterocycles. The van der Waals surface area contributed by atoms with Gasteiger partial charge in [0.05, 0.1) is 0 Å². The van der Waals surface area contributed by atoms with Gasteiger partial charge in [-0.1, -0.05) is 6.07 Å². The molecule has 0 unspecified atom stereocenters. The molecule has 15 heavy (non-hydrogen) atoms. The van der Waals surface area contributed by atoms with Crippen LogP contribution < -0.4 is 10.6 Å². The van der Waals surface area contributed by atoms with Crippen molar-refractivity contribution in [1.82, 2.24) is 15.6 Å². The fourth-order valence-electron chi connectivity index (χ4n) is 1.97. The van der Waals surface area contributed by atoms with Crippen LogP contribution in [0.15, 0.2) is 24.5 Å². The van der Waals surface area contributed by atoms with Crippen LogP contribution in [0.1, 0.15) is 25.3 Å². The highest BCUT2D eigenvalue weighted by atomic mass is 15.0. The van der Waals surface area contributed by atoms with Gasteiger partial charge in [-0.3, -0.25) is 4.98 Å². The number of nitrogens with one attached hydrogen (secondary N) is 2. The molecular weight excluding hydrogens is 186 g/mol. The van der Waals surface area contributed by atoms with E-state index in [2.05, 4.69) is 28.6 Å². The third-order valence-electron chi connectivity index (χ3n) is 3.15. The third kappa shape index (κ3) is 3.01. The number of rotatable bonds is 3. The van der Waals surface area contributed by atoms with Gasteiger partial charge in [0, 0.05) is 24.5 Å². The Balaban J connectivity index is 1.87. The molecule has 0 atom stereocenters. The van der Waals surface area contributed by atoms with E-state index in [1.165, 1.54) is 18.4 Å². The first kappa shape index (κ1) is 10.6. The molecule has 0 amide bonds. The van der Waals surface area contributed by atoms with Crippen molar-refractivity contribution in [3.05, 3.63) is 30.1 Å². The van der Waals surface area contributed by atoms with Crippen molar-refractivity contribution in [2.24, 2.45) is 0 Å². The summed E-state index contributed by atoms with van der Waals surface area (Å²) in [5.41, 5.74) is 1.55. The zero-order valence-corrected chi connectivity index (χ0v) is 9.29. The van der Waals surface area contributed by atoms with E-state index in [9.17, 15) is 0 Å². The van der Waals surface area contributed by atoms with Crippen LogP contribution in [0.2, 0.25) is 0 Å². The van der Waals surface area contributed by atoms with Crippen LogP contribution in [-0.4, -0.2) is 23.6 Å². The number of nitrogens with zero attached hydrogens (tertiary/aromatic N) is 1. The summed E-state index contributed by atoms with van der Waals surface area (Å²) in [4.78, 5) is 4.12. The summed E-state index contributed by atoms with van der Waals surface area (Å²) in [5.74, 6) is 0. The van der Waals surface area contributed by atoms with Crippen LogP contribution in [0, 0.1) is 0 Å². The van der Waals surface area contributed by atoms with Crippen molar-refractivity contribution < 1.29 is 0 Å². The van der Waals surface area contributed by atoms with Crippen LogP contribution in [0.3, 0.4) is 0 Å². The third-order valence-corrected chi connectivity index (χ3v) is 3.15. The van der Waals surface area contributed by atoms with E-state index in [4.69, 9.17) is 0 Å². The molecule has 2 N–H and O–H groups in total. The van der Waals surface area contributed by atoms with Gasteiger partial charge in [-0.2, -0.15) is 0 Å². The second kappa shape index (κ2) is 4.73. The minimum atomic E-state index is 0.293. The molecule has 0 radical (unpaired) electrons. The fraction of sp³-hybridized carbons (Fsp3) is 0.583. The normalized spacial score (nSPS) is 20.1. The van der Waals surface area contributed by atoms with Crippen molar-refractivity contribution in [2.45, 2.75) is 31.8 Å². The summed E-state index contributed by atoms with van der Waals surface area (Å²) in [5, 5.41) is 7.02. The largest absolute Gasteiger partial charge is 0.317 e. The maximum Gasteiger partial charge on any atom is 0.0312 e. The Hall–Kier alpha value is -0.930. The van der Waals surface area contributed by atoms with Gasteiger partial charge in [0.15, 0.2) is 0 Å². The number of hydrogen-bond donors (Lipinski definition) is 2. The standard InChI is InChI=1S/C12H19N3/c1-12(4-7-13-8-5-12)15-10-11-3-2-6-14-9-11/h2-3,6,9,13,15H,4-5,7-8,10H2,1H3. The van der Waals surface area contributed by atoms with Gasteiger partial charge < -0.3 is 10.6 Å². The Morgan fingerprint density at radius 1 is 1.47 bits per heavy atom. The molecule has 1 saturated heterocycles. The molecule has 2 rings (SSSR count). The lowest BCUT2D eigenvalue weighted by Crippen LogP contribution is -2.49. The zero-order valence-electron chi connectivity index (χ0n) is 9.29. The summed E-state index contributed by atoms with van der Waals surface area (Å²) in [6, 6.07) is 4.10. The van der Waals surface area contributed by atoms with E-state index in [1.807, 2.05) is 18.5 Å². The minimum absolute atomic E-state index is 0.293. The van der Waals surface area contributed by atoms with E-state index in [1.54, 1.807) is 0 Å². The monoisotopic (exact) mass is 205 g/mol.